The summed E-state index contributed by atoms with van der Waals surface area (Å²) in [5, 5.41) is 19.1. The highest BCUT2D eigenvalue weighted by Crippen LogP contribution is 2.21. The van der Waals surface area contributed by atoms with Crippen LogP contribution in [0.5, 0.6) is 0 Å². The molecule has 1 fully saturated rings. The number of ether oxygens (including phenoxy) is 1. The quantitative estimate of drug-likeness (QED) is 0.650. The molecule has 1 saturated heterocycles. The first-order chi connectivity index (χ1) is 7.97. The van der Waals surface area contributed by atoms with Crippen LogP contribution in [-0.4, -0.2) is 52.6 Å². The Labute approximate surface area is 101 Å². The van der Waals surface area contributed by atoms with Gasteiger partial charge < -0.3 is 19.8 Å². The molecule has 0 bridgehead atoms. The van der Waals surface area contributed by atoms with E-state index in [1.165, 1.54) is 0 Å². The largest absolute Gasteiger partial charge is 0.450 e. The third-order valence-corrected chi connectivity index (χ3v) is 2.63. The molecular weight excluding hydrogens is 222 g/mol. The Morgan fingerprint density at radius 2 is 2.12 bits per heavy atom. The lowest BCUT2D eigenvalue weighted by atomic mass is 9.92. The second-order valence-corrected chi connectivity index (χ2v) is 4.16. The Balaban J connectivity index is 2.50. The van der Waals surface area contributed by atoms with Gasteiger partial charge in [-0.3, -0.25) is 0 Å². The van der Waals surface area contributed by atoms with Gasteiger partial charge in [0.25, 0.3) is 0 Å². The molecule has 0 aromatic rings. The molecule has 5 nitrogen and oxygen atoms in total. The number of carbonyl (C=O) groups excluding carboxylic acids is 1. The molecule has 1 rings (SSSR count). The van der Waals surface area contributed by atoms with Crippen LogP contribution in [-0.2, 0) is 4.74 Å². The number of piperidine rings is 1. The molecule has 1 aliphatic heterocycles. The number of rotatable bonds is 1. The fraction of sp³-hybridized carbons (Fsp3) is 0.750. The van der Waals surface area contributed by atoms with Crippen LogP contribution in [0.3, 0.4) is 0 Å². The minimum atomic E-state index is -1.10. The van der Waals surface area contributed by atoms with E-state index < -0.39 is 11.7 Å². The van der Waals surface area contributed by atoms with Gasteiger partial charge in [0.05, 0.1) is 6.61 Å². The first-order valence-corrected chi connectivity index (χ1v) is 5.82. The van der Waals surface area contributed by atoms with Crippen molar-refractivity contribution in [2.45, 2.75) is 38.4 Å². The van der Waals surface area contributed by atoms with Crippen molar-refractivity contribution in [1.29, 1.82) is 0 Å². The van der Waals surface area contributed by atoms with Gasteiger partial charge in [0.1, 0.15) is 11.7 Å². The maximum Gasteiger partial charge on any atom is 0.409 e. The minimum Gasteiger partial charge on any atom is -0.450 e. The van der Waals surface area contributed by atoms with Crippen molar-refractivity contribution in [3.8, 4) is 11.8 Å². The Morgan fingerprint density at radius 1 is 1.53 bits per heavy atom. The molecular formula is C12H19NO4. The standard InChI is InChI=1S/C12H19NO4/c1-3-17-11(15)13-8-6-12(16,7-9-13)5-4-10(2)14/h10,14,16H,3,6-9H2,1-2H3. The average molecular weight is 241 g/mol. The molecule has 0 aromatic heterocycles. The van der Waals surface area contributed by atoms with E-state index in [0.29, 0.717) is 32.5 Å². The SMILES string of the molecule is CCOC(=O)N1CCC(O)(C#CC(C)O)CC1. The van der Waals surface area contributed by atoms with Crippen LogP contribution >= 0.6 is 0 Å². The van der Waals surface area contributed by atoms with Crippen LogP contribution < -0.4 is 0 Å². The first kappa shape index (κ1) is 13.8. The second kappa shape index (κ2) is 5.89. The number of aliphatic hydroxyl groups is 2. The van der Waals surface area contributed by atoms with E-state index in [-0.39, 0.29) is 6.09 Å². The Bertz CT molecular complexity index is 321. The fourth-order valence-electron chi connectivity index (χ4n) is 1.64. The summed E-state index contributed by atoms with van der Waals surface area (Å²) in [6.45, 7) is 4.49. The van der Waals surface area contributed by atoms with Crippen molar-refractivity contribution in [3.05, 3.63) is 0 Å². The van der Waals surface area contributed by atoms with E-state index in [0.717, 1.165) is 0 Å². The first-order valence-electron chi connectivity index (χ1n) is 5.82. The number of nitrogens with zero attached hydrogens (tertiary/aromatic N) is 1. The predicted octanol–water partition coefficient (Wildman–Crippen LogP) is 0.354. The predicted molar refractivity (Wildman–Crippen MR) is 62.2 cm³/mol. The Morgan fingerprint density at radius 3 is 2.59 bits per heavy atom. The monoisotopic (exact) mass is 241 g/mol. The normalized spacial score (nSPS) is 20.1. The van der Waals surface area contributed by atoms with Crippen LogP contribution in [0, 0.1) is 11.8 Å². The summed E-state index contributed by atoms with van der Waals surface area (Å²) in [7, 11) is 0. The van der Waals surface area contributed by atoms with Crippen LogP contribution in [0.4, 0.5) is 4.79 Å². The highest BCUT2D eigenvalue weighted by atomic mass is 16.6. The number of carbonyl (C=O) groups is 1. The number of hydrogen-bond acceptors (Lipinski definition) is 4. The molecule has 1 unspecified atom stereocenters. The number of aliphatic hydroxyl groups excluding tert-OH is 1. The summed E-state index contributed by atoms with van der Waals surface area (Å²) in [6, 6.07) is 0. The van der Waals surface area contributed by atoms with Gasteiger partial charge in [-0.1, -0.05) is 11.8 Å². The van der Waals surface area contributed by atoms with Gasteiger partial charge in [-0.2, -0.15) is 0 Å². The molecule has 0 aromatic carbocycles. The van der Waals surface area contributed by atoms with Gasteiger partial charge in [0.15, 0.2) is 0 Å². The smallest absolute Gasteiger partial charge is 0.409 e. The molecule has 0 spiro atoms. The minimum absolute atomic E-state index is 0.349. The van der Waals surface area contributed by atoms with Crippen LogP contribution in [0.25, 0.3) is 0 Å². The average Bonchev–Trinajstić information content (AvgIpc) is 2.28. The highest BCUT2D eigenvalue weighted by molar-refractivity contribution is 5.67. The molecule has 17 heavy (non-hydrogen) atoms. The van der Waals surface area contributed by atoms with Crippen molar-refractivity contribution in [2.24, 2.45) is 0 Å². The lowest BCUT2D eigenvalue weighted by Crippen LogP contribution is -2.46. The highest BCUT2D eigenvalue weighted by Gasteiger charge is 2.32. The summed E-state index contributed by atoms with van der Waals surface area (Å²) >= 11 is 0. The summed E-state index contributed by atoms with van der Waals surface area (Å²) < 4.78 is 4.88. The molecule has 0 aliphatic carbocycles. The van der Waals surface area contributed by atoms with Crippen LogP contribution in [0.15, 0.2) is 0 Å². The van der Waals surface area contributed by atoms with E-state index in [2.05, 4.69) is 11.8 Å². The zero-order valence-corrected chi connectivity index (χ0v) is 10.3. The van der Waals surface area contributed by atoms with E-state index in [4.69, 9.17) is 9.84 Å². The maximum absolute atomic E-state index is 11.4. The topological polar surface area (TPSA) is 70.0 Å². The lowest BCUT2D eigenvalue weighted by Gasteiger charge is -2.34. The molecule has 1 amide bonds. The third-order valence-electron chi connectivity index (χ3n) is 2.63. The van der Waals surface area contributed by atoms with Crippen LogP contribution in [0.1, 0.15) is 26.7 Å². The Hall–Kier alpha value is -1.25. The lowest BCUT2D eigenvalue weighted by molar-refractivity contribution is 0.0225. The van der Waals surface area contributed by atoms with Crippen LogP contribution in [0.2, 0.25) is 0 Å². The summed E-state index contributed by atoms with van der Waals surface area (Å²) in [4.78, 5) is 13.0. The van der Waals surface area contributed by atoms with Crippen molar-refractivity contribution in [3.63, 3.8) is 0 Å². The molecule has 96 valence electrons. The number of amides is 1. The molecule has 1 aliphatic rings. The molecule has 2 N–H and O–H groups in total. The molecule has 1 heterocycles. The fourth-order valence-corrected chi connectivity index (χ4v) is 1.64. The van der Waals surface area contributed by atoms with Gasteiger partial charge in [-0.15, -0.1) is 0 Å². The molecule has 1 atom stereocenters. The zero-order valence-electron chi connectivity index (χ0n) is 10.3. The summed E-state index contributed by atoms with van der Waals surface area (Å²) in [5.41, 5.74) is -1.10. The number of hydrogen-bond donors (Lipinski definition) is 2. The summed E-state index contributed by atoms with van der Waals surface area (Å²) in [5.74, 6) is 5.21. The van der Waals surface area contributed by atoms with E-state index in [9.17, 15) is 9.90 Å². The van der Waals surface area contributed by atoms with Gasteiger partial charge >= 0.3 is 6.09 Å². The van der Waals surface area contributed by atoms with Crippen molar-refractivity contribution < 1.29 is 19.7 Å². The van der Waals surface area contributed by atoms with E-state index >= 15 is 0 Å². The van der Waals surface area contributed by atoms with Crippen molar-refractivity contribution in [1.82, 2.24) is 4.90 Å². The molecule has 0 radical (unpaired) electrons. The Kier molecular flexibility index (Phi) is 4.79. The zero-order chi connectivity index (χ0) is 12.9. The maximum atomic E-state index is 11.4. The van der Waals surface area contributed by atoms with Crippen molar-refractivity contribution in [2.75, 3.05) is 19.7 Å². The molecule has 5 heteroatoms. The van der Waals surface area contributed by atoms with E-state index in [1.54, 1.807) is 18.7 Å². The van der Waals surface area contributed by atoms with Gasteiger partial charge in [0.2, 0.25) is 0 Å². The van der Waals surface area contributed by atoms with Gasteiger partial charge in [-0.25, -0.2) is 4.79 Å². The number of likely N-dealkylation sites (tertiary alicyclic amines) is 1. The van der Waals surface area contributed by atoms with E-state index in [1.807, 2.05) is 0 Å². The second-order valence-electron chi connectivity index (χ2n) is 4.16. The van der Waals surface area contributed by atoms with Gasteiger partial charge in [0, 0.05) is 25.9 Å². The summed E-state index contributed by atoms with van der Waals surface area (Å²) in [6.07, 6.45) is -0.336. The molecule has 0 saturated carbocycles. The third kappa shape index (κ3) is 4.25. The van der Waals surface area contributed by atoms with Gasteiger partial charge in [-0.05, 0) is 13.8 Å². The van der Waals surface area contributed by atoms with Crippen molar-refractivity contribution >= 4 is 6.09 Å².